The van der Waals surface area contributed by atoms with Crippen LogP contribution in [0.3, 0.4) is 0 Å². The molecule has 0 N–H and O–H groups in total. The van der Waals surface area contributed by atoms with Crippen LogP contribution in [0, 0.1) is 27.7 Å². The van der Waals surface area contributed by atoms with Crippen molar-refractivity contribution in [1.29, 1.82) is 0 Å². The molecule has 2 aliphatic rings. The van der Waals surface area contributed by atoms with E-state index in [1.807, 2.05) is 0 Å². The largest absolute Gasteiger partial charge is 0.0616 e. The third kappa shape index (κ3) is 4.46. The van der Waals surface area contributed by atoms with Gasteiger partial charge in [0.15, 0.2) is 0 Å². The predicted octanol–water partition coefficient (Wildman–Crippen LogP) is 17.6. The maximum atomic E-state index is 2.49. The van der Waals surface area contributed by atoms with Gasteiger partial charge in [0.2, 0.25) is 0 Å². The van der Waals surface area contributed by atoms with E-state index in [1.54, 1.807) is 0 Å². The minimum atomic E-state index is 1.24. The van der Waals surface area contributed by atoms with E-state index in [0.29, 0.717) is 0 Å². The van der Waals surface area contributed by atoms with Crippen molar-refractivity contribution in [3.63, 3.8) is 0 Å². The van der Waals surface area contributed by atoms with Gasteiger partial charge >= 0.3 is 0 Å². The fourth-order valence-electron chi connectivity index (χ4n) is 11.8. The number of fused-ring (bicyclic) bond motifs is 15. The summed E-state index contributed by atoms with van der Waals surface area (Å²) in [7, 11) is 0. The second kappa shape index (κ2) is 12.1. The zero-order valence-corrected chi connectivity index (χ0v) is 35.2. The van der Waals surface area contributed by atoms with Gasteiger partial charge < -0.3 is 0 Å². The Bertz CT molecular complexity index is 3800. The first kappa shape index (κ1) is 34.2. The zero-order chi connectivity index (χ0) is 41.1. The fraction of sp³-hybridized carbons (Fsp3) is 0.0645. The van der Waals surface area contributed by atoms with Crippen LogP contribution in [-0.2, 0) is 0 Å². The van der Waals surface area contributed by atoms with E-state index in [-0.39, 0.29) is 0 Å². The first-order valence-electron chi connectivity index (χ1n) is 22.0. The SMILES string of the molecule is Cc1ccc2c(c1)c(-c1ccc3ccc(-c4cc5c6ccc(C)c7c6c(cc5c5ccc(C)cc45)-c4ccccc4-7)cc3c1)cc1c3ccc(C)c4c3c(cc21)-c1ccccc1-4. The number of aryl methyl sites for hydroxylation is 4. The van der Waals surface area contributed by atoms with Crippen LogP contribution in [0.5, 0.6) is 0 Å². The van der Waals surface area contributed by atoms with Gasteiger partial charge in [-0.05, 0) is 217 Å². The minimum absolute atomic E-state index is 1.24. The van der Waals surface area contributed by atoms with Crippen LogP contribution < -0.4 is 0 Å². The predicted molar refractivity (Wildman–Crippen MR) is 268 cm³/mol. The molecule has 288 valence electrons. The van der Waals surface area contributed by atoms with Crippen LogP contribution in [-0.4, -0.2) is 0 Å². The van der Waals surface area contributed by atoms with Crippen LogP contribution in [0.25, 0.3) is 142 Å². The normalized spacial score (nSPS) is 12.5. The lowest BCUT2D eigenvalue weighted by atomic mass is 9.86. The maximum Gasteiger partial charge on any atom is -0.00172 e. The van der Waals surface area contributed by atoms with E-state index < -0.39 is 0 Å². The molecule has 0 amide bonds. The summed E-state index contributed by atoms with van der Waals surface area (Å²) in [5.41, 5.74) is 21.1. The first-order valence-corrected chi connectivity index (χ1v) is 22.0. The average Bonchev–Trinajstić information content (AvgIpc) is 3.82. The van der Waals surface area contributed by atoms with Crippen LogP contribution in [0.15, 0.2) is 170 Å². The Labute approximate surface area is 360 Å². The monoisotopic (exact) mass is 784 g/mol. The molecular formula is C62H40. The average molecular weight is 785 g/mol. The highest BCUT2D eigenvalue weighted by Crippen LogP contribution is 2.54. The summed E-state index contributed by atoms with van der Waals surface area (Å²) in [5, 5.41) is 18.4. The van der Waals surface area contributed by atoms with Crippen molar-refractivity contribution in [3.8, 4) is 66.8 Å². The highest BCUT2D eigenvalue weighted by Gasteiger charge is 2.27. The number of benzene rings is 12. The molecule has 0 spiro atoms. The van der Waals surface area contributed by atoms with Crippen LogP contribution >= 0.6 is 0 Å². The molecule has 0 nitrogen and oxygen atoms in total. The summed E-state index contributed by atoms with van der Waals surface area (Å²) in [5.74, 6) is 0. The third-order valence-corrected chi connectivity index (χ3v) is 14.6. The van der Waals surface area contributed by atoms with E-state index in [0.717, 1.165) is 0 Å². The highest BCUT2D eigenvalue weighted by atomic mass is 14.3. The Morgan fingerprint density at radius 3 is 1.11 bits per heavy atom. The van der Waals surface area contributed by atoms with Gasteiger partial charge in [-0.25, -0.2) is 0 Å². The van der Waals surface area contributed by atoms with Crippen molar-refractivity contribution in [3.05, 3.63) is 192 Å². The van der Waals surface area contributed by atoms with Gasteiger partial charge in [-0.2, -0.15) is 0 Å². The van der Waals surface area contributed by atoms with E-state index in [1.165, 1.54) is 164 Å². The lowest BCUT2D eigenvalue weighted by Crippen LogP contribution is -1.90. The molecule has 0 fully saturated rings. The smallest absolute Gasteiger partial charge is 0.00172 e. The van der Waals surface area contributed by atoms with Gasteiger partial charge in [0.1, 0.15) is 0 Å². The highest BCUT2D eigenvalue weighted by molar-refractivity contribution is 6.31. The molecule has 0 bridgehead atoms. The Morgan fingerprint density at radius 2 is 0.645 bits per heavy atom. The molecular weight excluding hydrogens is 745 g/mol. The van der Waals surface area contributed by atoms with E-state index in [9.17, 15) is 0 Å². The summed E-state index contributed by atoms with van der Waals surface area (Å²) < 4.78 is 0. The zero-order valence-electron chi connectivity index (χ0n) is 35.2. The van der Waals surface area contributed by atoms with Gasteiger partial charge in [-0.3, -0.25) is 0 Å². The molecule has 12 aromatic carbocycles. The molecule has 0 saturated carbocycles. The van der Waals surface area contributed by atoms with E-state index in [4.69, 9.17) is 0 Å². The van der Waals surface area contributed by atoms with Crippen molar-refractivity contribution < 1.29 is 0 Å². The van der Waals surface area contributed by atoms with Crippen molar-refractivity contribution in [2.24, 2.45) is 0 Å². The van der Waals surface area contributed by atoms with E-state index >= 15 is 0 Å². The molecule has 0 unspecified atom stereocenters. The lowest BCUT2D eigenvalue weighted by Gasteiger charge is -2.17. The number of hydrogen-bond acceptors (Lipinski definition) is 0. The van der Waals surface area contributed by atoms with Crippen molar-refractivity contribution in [1.82, 2.24) is 0 Å². The van der Waals surface area contributed by atoms with E-state index in [2.05, 4.69) is 198 Å². The van der Waals surface area contributed by atoms with Crippen LogP contribution in [0.4, 0.5) is 0 Å². The van der Waals surface area contributed by atoms with Crippen LogP contribution in [0.1, 0.15) is 22.3 Å². The summed E-state index contributed by atoms with van der Waals surface area (Å²) in [4.78, 5) is 0. The molecule has 0 saturated heterocycles. The molecule has 0 atom stereocenters. The molecule has 0 radical (unpaired) electrons. The standard InChI is InChI=1S/C62H40/c1-33-13-21-43-51(25-33)49(29-55-47-23-15-35(3)59-45-11-7-5-9-41(45)57(61(47)59)31-53(43)55)38-19-17-37-18-20-39(28-40(37)27-38)50-30-56-48-24-16-36(4)60-46-12-8-6-10-42(46)58(62(48)60)32-54(56)44-22-14-34(2)26-52(44)50/h5-32H,1-4H3. The minimum Gasteiger partial charge on any atom is -0.0616 e. The number of rotatable bonds is 2. The second-order valence-corrected chi connectivity index (χ2v) is 18.2. The maximum absolute atomic E-state index is 2.49. The Balaban J connectivity index is 1.01. The van der Waals surface area contributed by atoms with Gasteiger partial charge in [-0.1, -0.05) is 145 Å². The van der Waals surface area contributed by atoms with Gasteiger partial charge in [0.25, 0.3) is 0 Å². The molecule has 12 aromatic rings. The van der Waals surface area contributed by atoms with Crippen molar-refractivity contribution >= 4 is 75.4 Å². The van der Waals surface area contributed by atoms with Gasteiger partial charge in [0.05, 0.1) is 0 Å². The van der Waals surface area contributed by atoms with Gasteiger partial charge in [-0.15, -0.1) is 0 Å². The van der Waals surface area contributed by atoms with Crippen LogP contribution in [0.2, 0.25) is 0 Å². The molecule has 62 heavy (non-hydrogen) atoms. The second-order valence-electron chi connectivity index (χ2n) is 18.2. The molecule has 2 aliphatic carbocycles. The molecule has 0 heterocycles. The third-order valence-electron chi connectivity index (χ3n) is 14.6. The number of hydrogen-bond donors (Lipinski definition) is 0. The molecule has 0 aromatic heterocycles. The Morgan fingerprint density at radius 1 is 0.242 bits per heavy atom. The summed E-state index contributed by atoms with van der Waals surface area (Å²) >= 11 is 0. The Kier molecular flexibility index (Phi) is 6.65. The summed E-state index contributed by atoms with van der Waals surface area (Å²) in [6, 6.07) is 65.5. The topological polar surface area (TPSA) is 0 Å². The molecule has 14 rings (SSSR count). The molecule has 0 heteroatoms. The fourth-order valence-corrected chi connectivity index (χ4v) is 11.8. The first-order chi connectivity index (χ1) is 30.4. The summed E-state index contributed by atoms with van der Waals surface area (Å²) in [6.07, 6.45) is 0. The lowest BCUT2D eigenvalue weighted by molar-refractivity contribution is 1.51. The molecule has 0 aliphatic heterocycles. The Hall–Kier alpha value is -7.54. The van der Waals surface area contributed by atoms with Gasteiger partial charge in [0, 0.05) is 0 Å². The quantitative estimate of drug-likeness (QED) is 0.153. The summed E-state index contributed by atoms with van der Waals surface area (Å²) in [6.45, 7) is 8.96. The van der Waals surface area contributed by atoms with Crippen molar-refractivity contribution in [2.75, 3.05) is 0 Å². The van der Waals surface area contributed by atoms with Crippen molar-refractivity contribution in [2.45, 2.75) is 27.7 Å².